The molecule has 3 heteroatoms. The molecule has 0 aliphatic heterocycles. The second-order valence-electron chi connectivity index (χ2n) is 5.37. The first-order valence-corrected chi connectivity index (χ1v) is 9.12. The van der Waals surface area contributed by atoms with Crippen molar-refractivity contribution in [2.45, 2.75) is 51.9 Å². The van der Waals surface area contributed by atoms with Crippen molar-refractivity contribution < 1.29 is 9.90 Å². The number of hydrogen-bond donors (Lipinski definition) is 1. The number of aliphatic carboxylic acids is 1. The Morgan fingerprint density at radius 3 is 1.62 bits per heavy atom. The second-order valence-corrected chi connectivity index (χ2v) is 5.64. The van der Waals surface area contributed by atoms with Gasteiger partial charge in [-0.1, -0.05) is 79.9 Å². The maximum Gasteiger partial charge on any atom is 0.311 e. The predicted molar refractivity (Wildman–Crippen MR) is 108 cm³/mol. The number of allylic oxidation sites excluding steroid dienone is 10. The number of thiocarbonyl (C=S) groups is 1. The highest BCUT2D eigenvalue weighted by molar-refractivity contribution is 7.79. The van der Waals surface area contributed by atoms with Gasteiger partial charge in [0.1, 0.15) is 0 Å². The van der Waals surface area contributed by atoms with Gasteiger partial charge in [0.15, 0.2) is 0 Å². The smallest absolute Gasteiger partial charge is 0.311 e. The van der Waals surface area contributed by atoms with E-state index in [1.807, 2.05) is 6.08 Å². The summed E-state index contributed by atoms with van der Waals surface area (Å²) >= 11 is 4.71. The molecule has 0 saturated carbocycles. The van der Waals surface area contributed by atoms with Crippen molar-refractivity contribution in [3.8, 4) is 0 Å². The lowest BCUT2D eigenvalue weighted by Crippen LogP contribution is -2.13. The van der Waals surface area contributed by atoms with Crippen LogP contribution < -0.4 is 0 Å². The summed E-state index contributed by atoms with van der Waals surface area (Å²) in [5, 5.41) is 10.2. The third kappa shape index (κ3) is 15.2. The fourth-order valence-corrected chi connectivity index (χ4v) is 2.15. The fourth-order valence-electron chi connectivity index (χ4n) is 1.89. The zero-order valence-corrected chi connectivity index (χ0v) is 15.5. The van der Waals surface area contributed by atoms with Crippen molar-refractivity contribution in [2.75, 3.05) is 0 Å². The minimum absolute atomic E-state index is 0.512. The zero-order valence-electron chi connectivity index (χ0n) is 14.6. The lowest BCUT2D eigenvalue weighted by atomic mass is 10.1. The number of hydrogen-bond acceptors (Lipinski definition) is 2. The third-order valence-corrected chi connectivity index (χ3v) is 3.61. The molecule has 0 heterocycles. The molecular formula is C21H30O2S. The molecule has 0 aliphatic carbocycles. The van der Waals surface area contributed by atoms with Crippen molar-refractivity contribution in [1.82, 2.24) is 0 Å². The average Bonchev–Trinajstić information content (AvgIpc) is 2.57. The standard InChI is InChI=1S/C21H30O2S/c1-2-3-4-5-6-7-8-9-10-11-12-13-14-15-16-17-18-20(19-24)21(22)23/h3-4,6-7,9-10,12-13,15-16,19-20H,2,5,8,11,14,17-18H2,1H3,(H,22,23). The summed E-state index contributed by atoms with van der Waals surface area (Å²) in [5.41, 5.74) is 0. The lowest BCUT2D eigenvalue weighted by molar-refractivity contribution is -0.139. The van der Waals surface area contributed by atoms with Crippen LogP contribution >= 0.6 is 12.2 Å². The molecule has 132 valence electrons. The molecule has 0 bridgehead atoms. The van der Waals surface area contributed by atoms with Crippen LogP contribution in [0.25, 0.3) is 0 Å². The van der Waals surface area contributed by atoms with Gasteiger partial charge < -0.3 is 5.11 Å². The summed E-state index contributed by atoms with van der Waals surface area (Å²) in [4.78, 5) is 10.8. The van der Waals surface area contributed by atoms with Crippen LogP contribution in [0.1, 0.15) is 51.9 Å². The first-order valence-electron chi connectivity index (χ1n) is 8.65. The first-order chi connectivity index (χ1) is 11.7. The molecule has 1 N–H and O–H groups in total. The van der Waals surface area contributed by atoms with Gasteiger partial charge in [-0.2, -0.15) is 0 Å². The van der Waals surface area contributed by atoms with Gasteiger partial charge in [-0.05, 0) is 50.3 Å². The maximum absolute atomic E-state index is 10.8. The molecule has 0 amide bonds. The highest BCUT2D eigenvalue weighted by Gasteiger charge is 2.11. The molecule has 1 atom stereocenters. The van der Waals surface area contributed by atoms with E-state index in [2.05, 4.69) is 61.6 Å². The highest BCUT2D eigenvalue weighted by Crippen LogP contribution is 2.05. The van der Waals surface area contributed by atoms with Crippen LogP contribution in [0.5, 0.6) is 0 Å². The van der Waals surface area contributed by atoms with Crippen LogP contribution in [0, 0.1) is 5.92 Å². The maximum atomic E-state index is 10.8. The number of carbonyl (C=O) groups is 1. The molecule has 24 heavy (non-hydrogen) atoms. The molecule has 0 aromatic rings. The summed E-state index contributed by atoms with van der Waals surface area (Å²) in [7, 11) is 0. The average molecular weight is 347 g/mol. The van der Waals surface area contributed by atoms with Crippen molar-refractivity contribution in [2.24, 2.45) is 5.92 Å². The molecule has 0 spiro atoms. The van der Waals surface area contributed by atoms with Gasteiger partial charge in [-0.3, -0.25) is 4.79 Å². The Balaban J connectivity index is 3.63. The van der Waals surface area contributed by atoms with Crippen LogP contribution in [0.15, 0.2) is 60.8 Å². The Hall–Kier alpha value is -1.74. The van der Waals surface area contributed by atoms with Crippen molar-refractivity contribution in [3.63, 3.8) is 0 Å². The summed E-state index contributed by atoms with van der Waals surface area (Å²) in [6, 6.07) is 0. The van der Waals surface area contributed by atoms with Gasteiger partial charge in [0.25, 0.3) is 0 Å². The van der Waals surface area contributed by atoms with E-state index in [1.54, 1.807) is 0 Å². The number of carboxylic acids is 1. The van der Waals surface area contributed by atoms with Gasteiger partial charge in [-0.15, -0.1) is 0 Å². The third-order valence-electron chi connectivity index (χ3n) is 3.28. The molecule has 0 aromatic heterocycles. The molecule has 0 saturated heterocycles. The fraction of sp³-hybridized carbons (Fsp3) is 0.429. The van der Waals surface area contributed by atoms with Crippen LogP contribution in [0.4, 0.5) is 0 Å². The quantitative estimate of drug-likeness (QED) is 0.300. The Morgan fingerprint density at radius 2 is 1.25 bits per heavy atom. The van der Waals surface area contributed by atoms with E-state index in [1.165, 1.54) is 5.37 Å². The van der Waals surface area contributed by atoms with E-state index < -0.39 is 11.9 Å². The molecule has 0 fully saturated rings. The Morgan fingerprint density at radius 1 is 0.833 bits per heavy atom. The van der Waals surface area contributed by atoms with Crippen molar-refractivity contribution in [3.05, 3.63) is 60.8 Å². The van der Waals surface area contributed by atoms with Gasteiger partial charge >= 0.3 is 5.97 Å². The summed E-state index contributed by atoms with van der Waals surface area (Å²) in [6.45, 7) is 2.14. The van der Waals surface area contributed by atoms with E-state index in [9.17, 15) is 4.79 Å². The molecular weight excluding hydrogens is 316 g/mol. The first kappa shape index (κ1) is 22.3. The van der Waals surface area contributed by atoms with Gasteiger partial charge in [0.2, 0.25) is 0 Å². The summed E-state index contributed by atoms with van der Waals surface area (Å²) < 4.78 is 0. The minimum atomic E-state index is -0.836. The van der Waals surface area contributed by atoms with Gasteiger partial charge in [0, 0.05) is 0 Å². The zero-order chi connectivity index (χ0) is 17.9. The molecule has 0 aliphatic rings. The van der Waals surface area contributed by atoms with Crippen molar-refractivity contribution >= 4 is 23.6 Å². The summed E-state index contributed by atoms with van der Waals surface area (Å²) in [6.07, 6.45) is 27.7. The van der Waals surface area contributed by atoms with Gasteiger partial charge in [-0.25, -0.2) is 0 Å². The number of rotatable bonds is 14. The van der Waals surface area contributed by atoms with Crippen LogP contribution in [-0.4, -0.2) is 16.4 Å². The normalized spacial score (nSPS) is 13.9. The van der Waals surface area contributed by atoms with E-state index in [0.717, 1.165) is 38.5 Å². The van der Waals surface area contributed by atoms with E-state index >= 15 is 0 Å². The highest BCUT2D eigenvalue weighted by atomic mass is 32.1. The Labute approximate surface area is 152 Å². The molecule has 0 aromatic carbocycles. The molecule has 0 radical (unpaired) electrons. The SMILES string of the molecule is CCC=CCC=CCC=CCC=CCC=CCCC(C=S)C(=O)O. The van der Waals surface area contributed by atoms with E-state index in [-0.39, 0.29) is 0 Å². The molecule has 2 nitrogen and oxygen atoms in total. The van der Waals surface area contributed by atoms with Crippen LogP contribution in [0.3, 0.4) is 0 Å². The van der Waals surface area contributed by atoms with E-state index in [4.69, 9.17) is 17.3 Å². The lowest BCUT2D eigenvalue weighted by Gasteiger charge is -2.02. The van der Waals surface area contributed by atoms with Crippen LogP contribution in [-0.2, 0) is 4.79 Å². The predicted octanol–water partition coefficient (Wildman–Crippen LogP) is 6.22. The second kappa shape index (κ2) is 17.6. The van der Waals surface area contributed by atoms with E-state index in [0.29, 0.717) is 6.42 Å². The van der Waals surface area contributed by atoms with Crippen LogP contribution in [0.2, 0.25) is 0 Å². The minimum Gasteiger partial charge on any atom is -0.481 e. The monoisotopic (exact) mass is 346 g/mol. The summed E-state index contributed by atoms with van der Waals surface area (Å²) in [5.74, 6) is -1.35. The topological polar surface area (TPSA) is 37.3 Å². The van der Waals surface area contributed by atoms with Gasteiger partial charge in [0.05, 0.1) is 5.92 Å². The Bertz CT molecular complexity index is 470. The number of carboxylic acid groups (broad SMARTS) is 1. The largest absolute Gasteiger partial charge is 0.481 e. The Kier molecular flexibility index (Phi) is 16.3. The van der Waals surface area contributed by atoms with Crippen molar-refractivity contribution in [1.29, 1.82) is 0 Å². The molecule has 0 rings (SSSR count). The molecule has 1 unspecified atom stereocenters.